The first kappa shape index (κ1) is 24.4. The fraction of sp³-hybridized carbons (Fsp3) is 0.696. The van der Waals surface area contributed by atoms with E-state index in [0.717, 1.165) is 51.3 Å². The molecule has 2 saturated heterocycles. The molecule has 0 aromatic heterocycles. The van der Waals surface area contributed by atoms with E-state index in [-0.39, 0.29) is 24.0 Å². The van der Waals surface area contributed by atoms with Crippen LogP contribution in [0, 0.1) is 11.8 Å². The zero-order valence-corrected chi connectivity index (χ0v) is 20.7. The van der Waals surface area contributed by atoms with Gasteiger partial charge in [-0.15, -0.1) is 24.0 Å². The van der Waals surface area contributed by atoms with Crippen LogP contribution < -0.4 is 5.32 Å². The van der Waals surface area contributed by atoms with Crippen LogP contribution in [-0.4, -0.2) is 68.7 Å². The van der Waals surface area contributed by atoms with Crippen molar-refractivity contribution in [1.29, 1.82) is 0 Å². The van der Waals surface area contributed by atoms with Crippen molar-refractivity contribution in [2.45, 2.75) is 45.2 Å². The molecule has 0 radical (unpaired) electrons. The molecule has 3 rings (SSSR count). The summed E-state index contributed by atoms with van der Waals surface area (Å²) in [6.07, 6.45) is 4.89. The molecule has 0 bridgehead atoms. The van der Waals surface area contributed by atoms with Crippen molar-refractivity contribution < 1.29 is 4.74 Å². The molecular weight excluding hydrogens is 475 g/mol. The number of hydrogen-bond donors (Lipinski definition) is 1. The second kappa shape index (κ2) is 12.7. The Labute approximate surface area is 194 Å². The van der Waals surface area contributed by atoms with Gasteiger partial charge in [-0.2, -0.15) is 0 Å². The normalized spacial score (nSPS) is 23.6. The number of halogens is 1. The van der Waals surface area contributed by atoms with Gasteiger partial charge < -0.3 is 15.0 Å². The van der Waals surface area contributed by atoms with Gasteiger partial charge in [-0.3, -0.25) is 9.89 Å². The van der Waals surface area contributed by atoms with Crippen LogP contribution in [0.5, 0.6) is 0 Å². The highest BCUT2D eigenvalue weighted by atomic mass is 127. The molecule has 5 nitrogen and oxygen atoms in total. The number of likely N-dealkylation sites (tertiary alicyclic amines) is 1. The third kappa shape index (κ3) is 7.72. The molecule has 1 aromatic rings. The predicted molar refractivity (Wildman–Crippen MR) is 132 cm³/mol. The van der Waals surface area contributed by atoms with Crippen molar-refractivity contribution in [1.82, 2.24) is 15.1 Å². The van der Waals surface area contributed by atoms with Gasteiger partial charge in [0.15, 0.2) is 5.96 Å². The minimum absolute atomic E-state index is 0. The van der Waals surface area contributed by atoms with E-state index in [1.54, 1.807) is 0 Å². The lowest BCUT2D eigenvalue weighted by Gasteiger charge is -2.27. The molecule has 2 unspecified atom stereocenters. The van der Waals surface area contributed by atoms with E-state index in [9.17, 15) is 0 Å². The molecule has 2 aliphatic heterocycles. The first-order chi connectivity index (χ1) is 13.7. The summed E-state index contributed by atoms with van der Waals surface area (Å²) in [5.74, 6) is 2.51. The molecule has 2 atom stereocenters. The van der Waals surface area contributed by atoms with Crippen molar-refractivity contribution in [2.75, 3.05) is 46.9 Å². The van der Waals surface area contributed by atoms with Crippen LogP contribution in [-0.2, 0) is 11.3 Å². The van der Waals surface area contributed by atoms with Crippen LogP contribution in [0.25, 0.3) is 0 Å². The Bertz CT molecular complexity index is 606. The molecule has 2 aliphatic rings. The zero-order valence-electron chi connectivity index (χ0n) is 18.3. The molecule has 0 spiro atoms. The van der Waals surface area contributed by atoms with Crippen LogP contribution >= 0.6 is 24.0 Å². The Morgan fingerprint density at radius 1 is 1.21 bits per heavy atom. The number of nitrogens with zero attached hydrogens (tertiary/aromatic N) is 3. The Hall–Kier alpha value is -0.860. The van der Waals surface area contributed by atoms with Crippen molar-refractivity contribution in [3.63, 3.8) is 0 Å². The van der Waals surface area contributed by atoms with E-state index < -0.39 is 0 Å². The number of hydrogen-bond acceptors (Lipinski definition) is 3. The molecule has 2 fully saturated rings. The fourth-order valence-corrected chi connectivity index (χ4v) is 4.54. The number of ether oxygens (including phenoxy) is 1. The summed E-state index contributed by atoms with van der Waals surface area (Å²) in [6, 6.07) is 11.5. The zero-order chi connectivity index (χ0) is 19.8. The minimum Gasteiger partial charge on any atom is -0.381 e. The number of aliphatic imine (C=N–C) groups is 1. The number of nitrogens with one attached hydrogen (secondary N) is 1. The Morgan fingerprint density at radius 2 is 1.93 bits per heavy atom. The summed E-state index contributed by atoms with van der Waals surface area (Å²) in [4.78, 5) is 9.41. The standard InChI is InChI=1S/C23H38N4O.HI/c1-19-15-22(18-27(19)17-21-7-5-4-6-8-21)16-25-23(24-2)26(3)12-9-20-10-13-28-14-11-20;/h4-8,19-20,22H,9-18H2,1-3H3,(H,24,25);1H. The van der Waals surface area contributed by atoms with Crippen molar-refractivity contribution in [2.24, 2.45) is 16.8 Å². The molecule has 6 heteroatoms. The second-order valence-electron chi connectivity index (χ2n) is 8.56. The smallest absolute Gasteiger partial charge is 0.193 e. The molecule has 0 saturated carbocycles. The number of rotatable bonds is 7. The molecule has 29 heavy (non-hydrogen) atoms. The van der Waals surface area contributed by atoms with E-state index in [1.807, 2.05) is 7.05 Å². The topological polar surface area (TPSA) is 40.1 Å². The summed E-state index contributed by atoms with van der Waals surface area (Å²) in [7, 11) is 4.06. The largest absolute Gasteiger partial charge is 0.381 e. The Morgan fingerprint density at radius 3 is 2.62 bits per heavy atom. The van der Waals surface area contributed by atoms with Gasteiger partial charge >= 0.3 is 0 Å². The van der Waals surface area contributed by atoms with Crippen molar-refractivity contribution in [3.05, 3.63) is 35.9 Å². The van der Waals surface area contributed by atoms with Crippen molar-refractivity contribution >= 4 is 29.9 Å². The third-order valence-corrected chi connectivity index (χ3v) is 6.35. The van der Waals surface area contributed by atoms with E-state index in [0.29, 0.717) is 12.0 Å². The lowest BCUT2D eigenvalue weighted by atomic mass is 9.96. The first-order valence-electron chi connectivity index (χ1n) is 10.9. The van der Waals surface area contributed by atoms with Crippen LogP contribution in [0.1, 0.15) is 38.2 Å². The van der Waals surface area contributed by atoms with Gasteiger partial charge in [0.1, 0.15) is 0 Å². The summed E-state index contributed by atoms with van der Waals surface area (Å²) in [5, 5.41) is 3.63. The fourth-order valence-electron chi connectivity index (χ4n) is 4.54. The quantitative estimate of drug-likeness (QED) is 0.341. The van der Waals surface area contributed by atoms with Gasteiger partial charge in [-0.25, -0.2) is 0 Å². The molecule has 1 aromatic carbocycles. The highest BCUT2D eigenvalue weighted by Gasteiger charge is 2.29. The summed E-state index contributed by atoms with van der Waals surface area (Å²) in [5.41, 5.74) is 1.41. The lowest BCUT2D eigenvalue weighted by molar-refractivity contribution is 0.0625. The summed E-state index contributed by atoms with van der Waals surface area (Å²) < 4.78 is 5.47. The predicted octanol–water partition coefficient (Wildman–Crippen LogP) is 3.84. The Kier molecular flexibility index (Phi) is 10.7. The van der Waals surface area contributed by atoms with Crippen LogP contribution in [0.2, 0.25) is 0 Å². The van der Waals surface area contributed by atoms with E-state index in [4.69, 9.17) is 4.74 Å². The van der Waals surface area contributed by atoms with E-state index in [1.165, 1.54) is 31.2 Å². The third-order valence-electron chi connectivity index (χ3n) is 6.35. The van der Waals surface area contributed by atoms with Crippen LogP contribution in [0.3, 0.4) is 0 Å². The molecule has 2 heterocycles. The average molecular weight is 514 g/mol. The van der Waals surface area contributed by atoms with Gasteiger partial charge in [-0.05, 0) is 50.0 Å². The molecule has 164 valence electrons. The SMILES string of the molecule is CN=C(NCC1CC(C)N(Cc2ccccc2)C1)N(C)CCC1CCOCC1.I. The van der Waals surface area contributed by atoms with Gasteiger partial charge in [-0.1, -0.05) is 30.3 Å². The van der Waals surface area contributed by atoms with Crippen molar-refractivity contribution in [3.8, 4) is 0 Å². The average Bonchev–Trinajstić information content (AvgIpc) is 3.07. The maximum absolute atomic E-state index is 5.47. The van der Waals surface area contributed by atoms with Gasteiger partial charge in [0, 0.05) is 59.5 Å². The monoisotopic (exact) mass is 514 g/mol. The van der Waals surface area contributed by atoms with Crippen LogP contribution in [0.4, 0.5) is 0 Å². The minimum atomic E-state index is 0. The number of benzene rings is 1. The van der Waals surface area contributed by atoms with Crippen LogP contribution in [0.15, 0.2) is 35.3 Å². The summed E-state index contributed by atoms with van der Waals surface area (Å²) in [6.45, 7) is 8.50. The molecular formula is C23H39IN4O. The highest BCUT2D eigenvalue weighted by molar-refractivity contribution is 14.0. The lowest BCUT2D eigenvalue weighted by Crippen LogP contribution is -2.42. The van der Waals surface area contributed by atoms with Gasteiger partial charge in [0.25, 0.3) is 0 Å². The highest BCUT2D eigenvalue weighted by Crippen LogP contribution is 2.24. The van der Waals surface area contributed by atoms with E-state index >= 15 is 0 Å². The second-order valence-corrected chi connectivity index (χ2v) is 8.56. The Balaban J connectivity index is 0.00000300. The summed E-state index contributed by atoms with van der Waals surface area (Å²) >= 11 is 0. The maximum atomic E-state index is 5.47. The van der Waals surface area contributed by atoms with Gasteiger partial charge in [0.2, 0.25) is 0 Å². The number of guanidine groups is 1. The van der Waals surface area contributed by atoms with E-state index in [2.05, 4.69) is 64.4 Å². The first-order valence-corrected chi connectivity index (χ1v) is 10.9. The van der Waals surface area contributed by atoms with Gasteiger partial charge in [0.05, 0.1) is 0 Å². The maximum Gasteiger partial charge on any atom is 0.193 e. The molecule has 1 N–H and O–H groups in total. The molecule has 0 amide bonds. The molecule has 0 aliphatic carbocycles.